The Hall–Kier alpha value is -1.29. The molecule has 1 nitrogen and oxygen atoms in total. The summed E-state index contributed by atoms with van der Waals surface area (Å²) in [6.45, 7) is 3.48. The fourth-order valence-electron chi connectivity index (χ4n) is 1.23. The van der Waals surface area contributed by atoms with Crippen molar-refractivity contribution in [1.29, 1.82) is 0 Å². The van der Waals surface area contributed by atoms with E-state index < -0.39 is 11.7 Å². The quantitative estimate of drug-likeness (QED) is 0.771. The fourth-order valence-corrected chi connectivity index (χ4v) is 1.23. The van der Waals surface area contributed by atoms with E-state index in [0.717, 1.165) is 12.1 Å². The zero-order valence-electron chi connectivity index (χ0n) is 8.09. The van der Waals surface area contributed by atoms with Gasteiger partial charge in [-0.05, 0) is 18.1 Å². The molecule has 2 N–H and O–H groups in total. The molecule has 1 aromatic carbocycles. The van der Waals surface area contributed by atoms with Crippen LogP contribution < -0.4 is 5.73 Å². The van der Waals surface area contributed by atoms with Crippen molar-refractivity contribution in [3.8, 4) is 0 Å². The Balaban J connectivity index is 2.88. The van der Waals surface area contributed by atoms with E-state index in [1.807, 2.05) is 0 Å². The Morgan fingerprint density at radius 1 is 1.40 bits per heavy atom. The maximum absolute atomic E-state index is 12.3. The predicted octanol–water partition coefficient (Wildman–Crippen LogP) is 2.76. The highest BCUT2D eigenvalue weighted by molar-refractivity contribution is 5.26. The monoisotopic (exact) mass is 215 g/mol. The number of rotatable bonds is 3. The minimum absolute atomic E-state index is 0.312. The summed E-state index contributed by atoms with van der Waals surface area (Å²) in [6, 6.07) is 4.85. The van der Waals surface area contributed by atoms with Crippen LogP contribution in [0.1, 0.15) is 11.1 Å². The van der Waals surface area contributed by atoms with E-state index in [1.54, 1.807) is 6.07 Å². The molecule has 0 aliphatic rings. The summed E-state index contributed by atoms with van der Waals surface area (Å²) < 4.78 is 37.0. The molecular formula is C11H12F3N. The van der Waals surface area contributed by atoms with Gasteiger partial charge >= 0.3 is 6.18 Å². The van der Waals surface area contributed by atoms with Crippen molar-refractivity contribution < 1.29 is 13.2 Å². The normalized spacial score (nSPS) is 13.6. The van der Waals surface area contributed by atoms with Gasteiger partial charge in [0.15, 0.2) is 0 Å². The molecule has 0 radical (unpaired) electrons. The molecule has 0 spiro atoms. The lowest BCUT2D eigenvalue weighted by Crippen LogP contribution is -2.19. The standard InChI is InChI=1S/C11H12F3N/c1-2-10(15)7-8-4-3-5-9(6-8)11(12,13)14/h2-6,10H,1,7,15H2. The zero-order chi connectivity index (χ0) is 11.5. The number of benzene rings is 1. The number of hydrogen-bond donors (Lipinski definition) is 1. The van der Waals surface area contributed by atoms with Gasteiger partial charge in [0.2, 0.25) is 0 Å². The van der Waals surface area contributed by atoms with Gasteiger partial charge in [0, 0.05) is 6.04 Å². The van der Waals surface area contributed by atoms with Crippen molar-refractivity contribution in [2.45, 2.75) is 18.6 Å². The molecule has 1 rings (SSSR count). The average Bonchev–Trinajstić information content (AvgIpc) is 2.17. The van der Waals surface area contributed by atoms with Crippen molar-refractivity contribution in [3.05, 3.63) is 48.0 Å². The summed E-state index contributed by atoms with van der Waals surface area (Å²) in [6.07, 6.45) is -2.41. The molecule has 0 amide bonds. The number of hydrogen-bond acceptors (Lipinski definition) is 1. The van der Waals surface area contributed by atoms with Gasteiger partial charge in [0.1, 0.15) is 0 Å². The molecule has 82 valence electrons. The van der Waals surface area contributed by atoms with Crippen LogP contribution in [-0.4, -0.2) is 6.04 Å². The van der Waals surface area contributed by atoms with E-state index in [4.69, 9.17) is 5.73 Å². The highest BCUT2D eigenvalue weighted by atomic mass is 19.4. The van der Waals surface area contributed by atoms with Crippen LogP contribution in [0.25, 0.3) is 0 Å². The van der Waals surface area contributed by atoms with E-state index in [9.17, 15) is 13.2 Å². The first-order valence-corrected chi connectivity index (χ1v) is 4.48. The smallest absolute Gasteiger partial charge is 0.324 e. The van der Waals surface area contributed by atoms with Crippen molar-refractivity contribution >= 4 is 0 Å². The first-order chi connectivity index (χ1) is 6.93. The summed E-state index contributed by atoms with van der Waals surface area (Å²) >= 11 is 0. The lowest BCUT2D eigenvalue weighted by atomic mass is 10.0. The van der Waals surface area contributed by atoms with Gasteiger partial charge in [-0.3, -0.25) is 0 Å². The molecule has 1 aromatic rings. The van der Waals surface area contributed by atoms with Gasteiger partial charge in [0.05, 0.1) is 5.56 Å². The van der Waals surface area contributed by atoms with Gasteiger partial charge in [-0.1, -0.05) is 24.3 Å². The van der Waals surface area contributed by atoms with Crippen LogP contribution in [0, 0.1) is 0 Å². The van der Waals surface area contributed by atoms with E-state index in [2.05, 4.69) is 6.58 Å². The van der Waals surface area contributed by atoms with Gasteiger partial charge < -0.3 is 5.73 Å². The Morgan fingerprint density at radius 3 is 2.60 bits per heavy atom. The van der Waals surface area contributed by atoms with Crippen LogP contribution in [0.3, 0.4) is 0 Å². The van der Waals surface area contributed by atoms with Crippen molar-refractivity contribution in [2.75, 3.05) is 0 Å². The van der Waals surface area contributed by atoms with Gasteiger partial charge in [-0.25, -0.2) is 0 Å². The van der Waals surface area contributed by atoms with Crippen LogP contribution >= 0.6 is 0 Å². The summed E-state index contributed by atoms with van der Waals surface area (Å²) in [7, 11) is 0. The molecule has 15 heavy (non-hydrogen) atoms. The van der Waals surface area contributed by atoms with E-state index in [0.29, 0.717) is 12.0 Å². The third-order valence-corrected chi connectivity index (χ3v) is 2.03. The SMILES string of the molecule is C=CC(N)Cc1cccc(C(F)(F)F)c1. The van der Waals surface area contributed by atoms with Crippen LogP contribution in [0.15, 0.2) is 36.9 Å². The van der Waals surface area contributed by atoms with Crippen LogP contribution in [-0.2, 0) is 12.6 Å². The second-order valence-electron chi connectivity index (χ2n) is 3.30. The Kier molecular flexibility index (Phi) is 3.52. The maximum atomic E-state index is 12.3. The van der Waals surface area contributed by atoms with Gasteiger partial charge in [-0.15, -0.1) is 6.58 Å². The summed E-state index contributed by atoms with van der Waals surface area (Å²) in [5, 5.41) is 0. The number of alkyl halides is 3. The molecule has 1 atom stereocenters. The maximum Gasteiger partial charge on any atom is 0.416 e. The van der Waals surface area contributed by atoms with Crippen LogP contribution in [0.5, 0.6) is 0 Å². The Morgan fingerprint density at radius 2 is 2.07 bits per heavy atom. The highest BCUT2D eigenvalue weighted by Gasteiger charge is 2.30. The lowest BCUT2D eigenvalue weighted by Gasteiger charge is -2.10. The molecule has 0 saturated carbocycles. The Bertz CT molecular complexity index is 344. The average molecular weight is 215 g/mol. The number of nitrogens with two attached hydrogens (primary N) is 1. The van der Waals surface area contributed by atoms with Crippen molar-refractivity contribution in [1.82, 2.24) is 0 Å². The van der Waals surface area contributed by atoms with Crippen LogP contribution in [0.2, 0.25) is 0 Å². The first kappa shape index (κ1) is 11.8. The third kappa shape index (κ3) is 3.40. The van der Waals surface area contributed by atoms with E-state index >= 15 is 0 Å². The molecule has 0 heterocycles. The molecule has 0 aliphatic heterocycles. The van der Waals surface area contributed by atoms with E-state index in [-0.39, 0.29) is 6.04 Å². The molecule has 0 saturated heterocycles. The van der Waals surface area contributed by atoms with Crippen LogP contribution in [0.4, 0.5) is 13.2 Å². The summed E-state index contributed by atoms with van der Waals surface area (Å²) in [5.74, 6) is 0. The topological polar surface area (TPSA) is 26.0 Å². The van der Waals surface area contributed by atoms with Crippen molar-refractivity contribution in [3.63, 3.8) is 0 Å². The largest absolute Gasteiger partial charge is 0.416 e. The molecule has 0 aliphatic carbocycles. The number of halogens is 3. The van der Waals surface area contributed by atoms with Crippen molar-refractivity contribution in [2.24, 2.45) is 5.73 Å². The predicted molar refractivity (Wildman–Crippen MR) is 53.3 cm³/mol. The van der Waals surface area contributed by atoms with E-state index in [1.165, 1.54) is 12.1 Å². The lowest BCUT2D eigenvalue weighted by molar-refractivity contribution is -0.137. The second kappa shape index (κ2) is 4.49. The molecule has 1 unspecified atom stereocenters. The molecular weight excluding hydrogens is 203 g/mol. The fraction of sp³-hybridized carbons (Fsp3) is 0.273. The highest BCUT2D eigenvalue weighted by Crippen LogP contribution is 2.29. The molecule has 0 bridgehead atoms. The Labute approximate surface area is 86.4 Å². The van der Waals surface area contributed by atoms with Gasteiger partial charge in [-0.2, -0.15) is 13.2 Å². The molecule has 4 heteroatoms. The third-order valence-electron chi connectivity index (χ3n) is 2.03. The summed E-state index contributed by atoms with van der Waals surface area (Å²) in [4.78, 5) is 0. The van der Waals surface area contributed by atoms with Gasteiger partial charge in [0.25, 0.3) is 0 Å². The second-order valence-corrected chi connectivity index (χ2v) is 3.30. The first-order valence-electron chi connectivity index (χ1n) is 4.48. The minimum Gasteiger partial charge on any atom is -0.324 e. The molecule has 0 fully saturated rings. The minimum atomic E-state index is -4.30. The molecule has 0 aromatic heterocycles. The zero-order valence-corrected chi connectivity index (χ0v) is 8.09. The summed E-state index contributed by atoms with van der Waals surface area (Å²) in [5.41, 5.74) is 5.49.